The maximum absolute atomic E-state index is 12.6. The van der Waals surface area contributed by atoms with E-state index in [4.69, 9.17) is 0 Å². The summed E-state index contributed by atoms with van der Waals surface area (Å²) in [4.78, 5) is 33.0. The zero-order valence-electron chi connectivity index (χ0n) is 15.3. The molecule has 150 valence electrons. The summed E-state index contributed by atoms with van der Waals surface area (Å²) in [5, 5.41) is 2.48. The summed E-state index contributed by atoms with van der Waals surface area (Å²) >= 11 is 0.801. The van der Waals surface area contributed by atoms with Crippen LogP contribution >= 0.6 is 11.8 Å². The minimum Gasteiger partial charge on any atom is -0.339 e. The van der Waals surface area contributed by atoms with E-state index in [9.17, 15) is 22.8 Å². The second-order valence-corrected chi connectivity index (χ2v) is 6.56. The number of hydrogen-bond donors (Lipinski definition) is 1. The third kappa shape index (κ3) is 5.95. The number of hydrogen-bond acceptors (Lipinski definition) is 5. The van der Waals surface area contributed by atoms with Gasteiger partial charge in [0, 0.05) is 30.5 Å². The fourth-order valence-corrected chi connectivity index (χ4v) is 2.92. The quantitative estimate of drug-likeness (QED) is 0.554. The van der Waals surface area contributed by atoms with Crippen LogP contribution in [0.5, 0.6) is 0 Å². The maximum Gasteiger partial charge on any atom is 0.433 e. The van der Waals surface area contributed by atoms with Gasteiger partial charge in [0.1, 0.15) is 5.69 Å². The van der Waals surface area contributed by atoms with Crippen LogP contribution in [-0.4, -0.2) is 45.5 Å². The van der Waals surface area contributed by atoms with Crippen molar-refractivity contribution in [2.24, 2.45) is 0 Å². The first-order valence-electron chi connectivity index (χ1n) is 8.46. The van der Waals surface area contributed by atoms with Gasteiger partial charge in [0.25, 0.3) is 5.91 Å². The number of aromatic nitrogens is 2. The van der Waals surface area contributed by atoms with Crippen molar-refractivity contribution in [3.05, 3.63) is 47.8 Å². The van der Waals surface area contributed by atoms with Crippen molar-refractivity contribution in [2.75, 3.05) is 24.2 Å². The third-order valence-electron chi connectivity index (χ3n) is 3.72. The summed E-state index contributed by atoms with van der Waals surface area (Å²) in [6.45, 7) is 4.98. The molecule has 0 aliphatic rings. The molecular weight excluding hydrogens is 393 g/mol. The predicted molar refractivity (Wildman–Crippen MR) is 100 cm³/mol. The van der Waals surface area contributed by atoms with Gasteiger partial charge in [0.05, 0.1) is 5.75 Å². The van der Waals surface area contributed by atoms with Crippen LogP contribution < -0.4 is 5.32 Å². The van der Waals surface area contributed by atoms with Crippen LogP contribution in [0.3, 0.4) is 0 Å². The smallest absolute Gasteiger partial charge is 0.339 e. The Morgan fingerprint density at radius 1 is 1.11 bits per heavy atom. The molecule has 0 saturated heterocycles. The molecule has 0 spiro atoms. The van der Waals surface area contributed by atoms with Crippen molar-refractivity contribution >= 4 is 29.3 Å². The van der Waals surface area contributed by atoms with Crippen molar-refractivity contribution < 1.29 is 22.8 Å². The zero-order chi connectivity index (χ0) is 20.7. The first-order chi connectivity index (χ1) is 13.2. The molecular formula is C18H19F3N4O2S. The summed E-state index contributed by atoms with van der Waals surface area (Å²) in [5.74, 6) is -0.671. The number of carbonyl (C=O) groups excluding carboxylic acids is 2. The molecule has 6 nitrogen and oxygen atoms in total. The fraction of sp³-hybridized carbons (Fsp3) is 0.333. The first-order valence-corrected chi connectivity index (χ1v) is 9.45. The van der Waals surface area contributed by atoms with Gasteiger partial charge < -0.3 is 10.2 Å². The Balaban J connectivity index is 1.92. The highest BCUT2D eigenvalue weighted by Crippen LogP contribution is 2.28. The van der Waals surface area contributed by atoms with E-state index in [1.807, 2.05) is 13.8 Å². The standard InChI is InChI=1S/C18H19F3N4O2S/c1-3-25(4-2)16(27)12-5-7-13(8-6-12)23-15(26)11-28-17-22-10-9-14(24-17)18(19,20)21/h5-10H,3-4,11H2,1-2H3,(H,23,26). The minimum absolute atomic E-state index is 0.0971. The molecule has 1 N–H and O–H groups in total. The first kappa shape index (κ1) is 21.7. The molecule has 1 aromatic heterocycles. The van der Waals surface area contributed by atoms with Crippen molar-refractivity contribution in [1.29, 1.82) is 0 Å². The van der Waals surface area contributed by atoms with Gasteiger partial charge in [-0.2, -0.15) is 13.2 Å². The molecule has 0 radical (unpaired) electrons. The lowest BCUT2D eigenvalue weighted by molar-refractivity contribution is -0.141. The van der Waals surface area contributed by atoms with Crippen LogP contribution in [0.15, 0.2) is 41.7 Å². The Morgan fingerprint density at radius 2 is 1.75 bits per heavy atom. The maximum atomic E-state index is 12.6. The molecule has 2 rings (SSSR count). The van der Waals surface area contributed by atoms with Crippen LogP contribution in [0.25, 0.3) is 0 Å². The fourth-order valence-electron chi connectivity index (χ4n) is 2.28. The highest BCUT2D eigenvalue weighted by atomic mass is 32.2. The lowest BCUT2D eigenvalue weighted by atomic mass is 10.2. The van der Waals surface area contributed by atoms with Crippen LogP contribution in [0.1, 0.15) is 29.9 Å². The van der Waals surface area contributed by atoms with Crippen LogP contribution in [0, 0.1) is 0 Å². The molecule has 0 fully saturated rings. The molecule has 0 aliphatic heterocycles. The summed E-state index contributed by atoms with van der Waals surface area (Å²) in [7, 11) is 0. The van der Waals surface area contributed by atoms with E-state index in [2.05, 4.69) is 15.3 Å². The number of nitrogens with one attached hydrogen (secondary N) is 1. The average Bonchev–Trinajstić information content (AvgIpc) is 2.67. The van der Waals surface area contributed by atoms with E-state index in [1.54, 1.807) is 29.2 Å². The number of alkyl halides is 3. The van der Waals surface area contributed by atoms with Gasteiger partial charge in [0.2, 0.25) is 5.91 Å². The van der Waals surface area contributed by atoms with E-state index in [0.717, 1.165) is 24.0 Å². The van der Waals surface area contributed by atoms with Crippen molar-refractivity contribution in [3.8, 4) is 0 Å². The molecule has 1 aromatic carbocycles. The molecule has 2 amide bonds. The second-order valence-electron chi connectivity index (χ2n) is 5.61. The number of anilines is 1. The zero-order valence-corrected chi connectivity index (χ0v) is 16.1. The van der Waals surface area contributed by atoms with Gasteiger partial charge in [-0.15, -0.1) is 0 Å². The Labute approximate surface area is 164 Å². The summed E-state index contributed by atoms with van der Waals surface area (Å²) in [6.07, 6.45) is -3.56. The van der Waals surface area contributed by atoms with E-state index >= 15 is 0 Å². The number of amides is 2. The highest BCUT2D eigenvalue weighted by Gasteiger charge is 2.32. The predicted octanol–water partition coefficient (Wildman–Crippen LogP) is 3.71. The Bertz CT molecular complexity index is 824. The number of benzene rings is 1. The number of nitrogens with zero attached hydrogens (tertiary/aromatic N) is 3. The molecule has 0 aliphatic carbocycles. The molecule has 2 aromatic rings. The van der Waals surface area contributed by atoms with Gasteiger partial charge in [-0.3, -0.25) is 9.59 Å². The van der Waals surface area contributed by atoms with E-state index < -0.39 is 17.8 Å². The molecule has 0 bridgehead atoms. The summed E-state index contributed by atoms with van der Waals surface area (Å²) in [5.41, 5.74) is -0.0704. The van der Waals surface area contributed by atoms with Crippen molar-refractivity contribution in [2.45, 2.75) is 25.2 Å². The molecule has 1 heterocycles. The van der Waals surface area contributed by atoms with Gasteiger partial charge >= 0.3 is 6.18 Å². The normalized spacial score (nSPS) is 11.2. The Kier molecular flexibility index (Phi) is 7.38. The number of rotatable bonds is 7. The SMILES string of the molecule is CCN(CC)C(=O)c1ccc(NC(=O)CSc2nccc(C(F)(F)F)n2)cc1. The van der Waals surface area contributed by atoms with Crippen molar-refractivity contribution in [1.82, 2.24) is 14.9 Å². The monoisotopic (exact) mass is 412 g/mol. The average molecular weight is 412 g/mol. The van der Waals surface area contributed by atoms with Crippen molar-refractivity contribution in [3.63, 3.8) is 0 Å². The molecule has 0 saturated carbocycles. The number of thioether (sulfide) groups is 1. The van der Waals surface area contributed by atoms with Gasteiger partial charge in [-0.1, -0.05) is 11.8 Å². The van der Waals surface area contributed by atoms with E-state index in [0.29, 0.717) is 24.3 Å². The summed E-state index contributed by atoms with van der Waals surface area (Å²) < 4.78 is 37.9. The minimum atomic E-state index is -4.56. The van der Waals surface area contributed by atoms with E-state index in [-0.39, 0.29) is 16.8 Å². The van der Waals surface area contributed by atoms with Crippen LogP contribution in [0.4, 0.5) is 18.9 Å². The number of carbonyl (C=O) groups is 2. The lowest BCUT2D eigenvalue weighted by Gasteiger charge is -2.18. The second kappa shape index (κ2) is 9.54. The van der Waals surface area contributed by atoms with Crippen LogP contribution in [-0.2, 0) is 11.0 Å². The molecule has 0 atom stereocenters. The van der Waals surface area contributed by atoms with Crippen LogP contribution in [0.2, 0.25) is 0 Å². The Hall–Kier alpha value is -2.62. The highest BCUT2D eigenvalue weighted by molar-refractivity contribution is 7.99. The van der Waals surface area contributed by atoms with E-state index in [1.165, 1.54) is 0 Å². The largest absolute Gasteiger partial charge is 0.433 e. The van der Waals surface area contributed by atoms with Gasteiger partial charge in [-0.25, -0.2) is 9.97 Å². The lowest BCUT2D eigenvalue weighted by Crippen LogP contribution is -2.30. The topological polar surface area (TPSA) is 75.2 Å². The van der Waals surface area contributed by atoms with Gasteiger partial charge in [0.15, 0.2) is 5.16 Å². The molecule has 10 heteroatoms. The third-order valence-corrected chi connectivity index (χ3v) is 4.58. The molecule has 0 unspecified atom stereocenters. The Morgan fingerprint density at radius 3 is 2.32 bits per heavy atom. The van der Waals surface area contributed by atoms with Gasteiger partial charge in [-0.05, 0) is 44.2 Å². The molecule has 28 heavy (non-hydrogen) atoms. The number of halogens is 3. The summed E-state index contributed by atoms with van der Waals surface area (Å²) in [6, 6.07) is 7.18.